The normalized spacial score (nSPS) is 4.00. The van der Waals surface area contributed by atoms with Gasteiger partial charge in [0.15, 0.2) is 0 Å². The minimum Gasteiger partial charge on any atom is -1.00 e. The molecule has 0 aromatic heterocycles. The second-order valence-electron chi connectivity index (χ2n) is 1.15. The molecule has 0 heterocycles. The predicted molar refractivity (Wildman–Crippen MR) is 32.2 cm³/mol. The van der Waals surface area contributed by atoms with Gasteiger partial charge in [-0.05, 0) is 0 Å². The summed E-state index contributed by atoms with van der Waals surface area (Å²) in [7, 11) is 0. The third kappa shape index (κ3) is 22.5. The standard InChI is InChI=1S/C6H6.Al.4ClH.Cu/c1-2-4-6-5-3-1;;;;;;/h1-6H;;4*1H;/q;+3;;;;;+1/p-4. The number of rotatable bonds is 0. The Hall–Kier alpha value is 1.43. The molecular formula is C6H6AlCl4Cu. The summed E-state index contributed by atoms with van der Waals surface area (Å²) in [6.45, 7) is 0. The summed E-state index contributed by atoms with van der Waals surface area (Å²) in [5, 5.41) is 0. The van der Waals surface area contributed by atoms with Crippen molar-refractivity contribution in [1.82, 2.24) is 0 Å². The van der Waals surface area contributed by atoms with Crippen LogP contribution in [0.4, 0.5) is 0 Å². The van der Waals surface area contributed by atoms with Crippen LogP contribution in [0, 0.1) is 0 Å². The van der Waals surface area contributed by atoms with Crippen molar-refractivity contribution in [2.45, 2.75) is 0 Å². The maximum Gasteiger partial charge on any atom is 3.00 e. The summed E-state index contributed by atoms with van der Waals surface area (Å²) >= 11 is 0. The van der Waals surface area contributed by atoms with Crippen LogP contribution in [0.25, 0.3) is 0 Å². The van der Waals surface area contributed by atoms with E-state index in [1.54, 1.807) is 0 Å². The molecular weight excluding hydrogens is 304 g/mol. The number of hydrogen-bond acceptors (Lipinski definition) is 0. The molecule has 0 saturated heterocycles. The van der Waals surface area contributed by atoms with Gasteiger partial charge in [-0.25, -0.2) is 0 Å². The van der Waals surface area contributed by atoms with Crippen LogP contribution < -0.4 is 49.6 Å². The van der Waals surface area contributed by atoms with Gasteiger partial charge < -0.3 is 49.6 Å². The van der Waals surface area contributed by atoms with Gasteiger partial charge in [-0.15, -0.1) is 0 Å². The van der Waals surface area contributed by atoms with Crippen molar-refractivity contribution in [1.29, 1.82) is 0 Å². The van der Waals surface area contributed by atoms with Gasteiger partial charge in [0.05, 0.1) is 0 Å². The van der Waals surface area contributed by atoms with Crippen molar-refractivity contribution in [2.24, 2.45) is 0 Å². The van der Waals surface area contributed by atoms with Crippen LogP contribution in [0.1, 0.15) is 0 Å². The second-order valence-corrected chi connectivity index (χ2v) is 1.15. The molecule has 0 atom stereocenters. The van der Waals surface area contributed by atoms with Crippen LogP contribution in [-0.2, 0) is 17.1 Å². The first-order chi connectivity index (χ1) is 3.00. The largest absolute Gasteiger partial charge is 3.00 e. The predicted octanol–water partition coefficient (Wildman–Crippen LogP) is -10.7. The Bertz CT molecular complexity index is 91.5. The molecule has 12 heavy (non-hydrogen) atoms. The molecule has 0 aliphatic heterocycles. The third-order valence-electron chi connectivity index (χ3n) is 0.667. The maximum atomic E-state index is 2.00. The van der Waals surface area contributed by atoms with E-state index in [1.165, 1.54) is 0 Å². The Morgan fingerprint density at radius 2 is 0.500 bits per heavy atom. The molecule has 0 aliphatic carbocycles. The van der Waals surface area contributed by atoms with Crippen LogP contribution >= 0.6 is 0 Å². The van der Waals surface area contributed by atoms with Gasteiger partial charge in [-0.2, -0.15) is 0 Å². The molecule has 0 bridgehead atoms. The zero-order chi connectivity index (χ0) is 4.24. The van der Waals surface area contributed by atoms with Crippen molar-refractivity contribution >= 4 is 17.4 Å². The minimum absolute atomic E-state index is 0. The number of benzene rings is 1. The summed E-state index contributed by atoms with van der Waals surface area (Å²) in [4.78, 5) is 0. The van der Waals surface area contributed by atoms with Crippen molar-refractivity contribution in [3.8, 4) is 0 Å². The SMILES string of the molecule is [Al+3].[Cl-].[Cl-].[Cl-].[Cl-].[Cu+].c1ccccc1. The third-order valence-corrected chi connectivity index (χ3v) is 0.667. The van der Waals surface area contributed by atoms with E-state index in [4.69, 9.17) is 0 Å². The van der Waals surface area contributed by atoms with E-state index in [0.717, 1.165) is 0 Å². The summed E-state index contributed by atoms with van der Waals surface area (Å²) in [5.74, 6) is 0. The Kier molecular flexibility index (Phi) is 92.1. The smallest absolute Gasteiger partial charge is 1.00 e. The molecule has 0 saturated carbocycles. The first-order valence-corrected chi connectivity index (χ1v) is 2.00. The molecule has 1 aromatic rings. The molecule has 1 aromatic carbocycles. The van der Waals surface area contributed by atoms with Gasteiger partial charge in [0.1, 0.15) is 0 Å². The van der Waals surface area contributed by atoms with Gasteiger partial charge in [0.2, 0.25) is 0 Å². The van der Waals surface area contributed by atoms with Gasteiger partial charge >= 0.3 is 34.4 Å². The summed E-state index contributed by atoms with van der Waals surface area (Å²) < 4.78 is 0. The van der Waals surface area contributed by atoms with Crippen molar-refractivity contribution < 1.29 is 66.7 Å². The summed E-state index contributed by atoms with van der Waals surface area (Å²) in [5.41, 5.74) is 0. The molecule has 0 aliphatic rings. The van der Waals surface area contributed by atoms with Crippen LogP contribution in [-0.4, -0.2) is 17.4 Å². The zero-order valence-electron chi connectivity index (χ0n) is 5.85. The molecule has 1 rings (SSSR count). The van der Waals surface area contributed by atoms with E-state index in [0.29, 0.717) is 0 Å². The molecule has 0 unspecified atom stereocenters. The molecule has 0 spiro atoms. The Morgan fingerprint density at radius 3 is 0.583 bits per heavy atom. The molecule has 6 heteroatoms. The maximum absolute atomic E-state index is 2.00. The molecule has 72 valence electrons. The van der Waals surface area contributed by atoms with E-state index < -0.39 is 0 Å². The fourth-order valence-corrected chi connectivity index (χ4v) is 0.385. The molecule has 0 nitrogen and oxygen atoms in total. The van der Waals surface area contributed by atoms with E-state index in [-0.39, 0.29) is 84.1 Å². The summed E-state index contributed by atoms with van der Waals surface area (Å²) in [6.07, 6.45) is 0. The van der Waals surface area contributed by atoms with Gasteiger partial charge in [0.25, 0.3) is 0 Å². The quantitative estimate of drug-likeness (QED) is 0.418. The first-order valence-electron chi connectivity index (χ1n) is 2.00. The fourth-order valence-electron chi connectivity index (χ4n) is 0.385. The molecule has 0 fully saturated rings. The second kappa shape index (κ2) is 29.4. The number of hydrogen-bond donors (Lipinski definition) is 0. The Balaban J connectivity index is -0.0000000150. The first kappa shape index (κ1) is 37.6. The van der Waals surface area contributed by atoms with Crippen molar-refractivity contribution in [3.05, 3.63) is 36.4 Å². The fraction of sp³-hybridized carbons (Fsp3) is 0. The van der Waals surface area contributed by atoms with Crippen LogP contribution in [0.15, 0.2) is 36.4 Å². The topological polar surface area (TPSA) is 0 Å². The molecule has 0 N–H and O–H groups in total. The van der Waals surface area contributed by atoms with Gasteiger partial charge in [0, 0.05) is 0 Å². The van der Waals surface area contributed by atoms with E-state index >= 15 is 0 Å². The van der Waals surface area contributed by atoms with Gasteiger partial charge in [-0.3, -0.25) is 0 Å². The average molecular weight is 310 g/mol. The minimum atomic E-state index is 0. The summed E-state index contributed by atoms with van der Waals surface area (Å²) in [6, 6.07) is 12.0. The molecule has 0 radical (unpaired) electrons. The van der Waals surface area contributed by atoms with Gasteiger partial charge in [-0.1, -0.05) is 36.4 Å². The Morgan fingerprint density at radius 1 is 0.417 bits per heavy atom. The van der Waals surface area contributed by atoms with Crippen LogP contribution in [0.5, 0.6) is 0 Å². The average Bonchev–Trinajstić information content (AvgIpc) is 1.72. The monoisotopic (exact) mass is 308 g/mol. The van der Waals surface area contributed by atoms with Crippen LogP contribution in [0.2, 0.25) is 0 Å². The van der Waals surface area contributed by atoms with E-state index in [2.05, 4.69) is 0 Å². The van der Waals surface area contributed by atoms with Crippen LogP contribution in [0.3, 0.4) is 0 Å². The number of halogens is 4. The van der Waals surface area contributed by atoms with Crippen molar-refractivity contribution in [3.63, 3.8) is 0 Å². The van der Waals surface area contributed by atoms with E-state index in [9.17, 15) is 0 Å². The Labute approximate surface area is 120 Å². The molecule has 0 amide bonds. The van der Waals surface area contributed by atoms with Crippen molar-refractivity contribution in [2.75, 3.05) is 0 Å². The van der Waals surface area contributed by atoms with E-state index in [1.807, 2.05) is 36.4 Å². The zero-order valence-corrected chi connectivity index (χ0v) is 11.0.